The van der Waals surface area contributed by atoms with Crippen LogP contribution >= 0.6 is 23.4 Å². The van der Waals surface area contributed by atoms with Gasteiger partial charge in [0.25, 0.3) is 0 Å². The van der Waals surface area contributed by atoms with E-state index in [1.54, 1.807) is 24.3 Å². The Bertz CT molecular complexity index is 866. The number of hydrogen-bond donors (Lipinski definition) is 2. The van der Waals surface area contributed by atoms with Crippen LogP contribution in [0.2, 0.25) is 5.02 Å². The van der Waals surface area contributed by atoms with Crippen molar-refractivity contribution in [3.63, 3.8) is 0 Å². The van der Waals surface area contributed by atoms with Crippen LogP contribution in [0.3, 0.4) is 0 Å². The predicted octanol–water partition coefficient (Wildman–Crippen LogP) is 3.81. The zero-order chi connectivity index (χ0) is 18.4. The molecule has 0 atom stereocenters. The summed E-state index contributed by atoms with van der Waals surface area (Å²) in [5.74, 6) is 0.0939. The Morgan fingerprint density at radius 3 is 2.58 bits per heavy atom. The van der Waals surface area contributed by atoms with Crippen LogP contribution in [-0.4, -0.2) is 26.3 Å². The van der Waals surface area contributed by atoms with Gasteiger partial charge in [-0.2, -0.15) is 0 Å². The molecule has 1 aromatic heterocycles. The van der Waals surface area contributed by atoms with E-state index in [-0.39, 0.29) is 18.3 Å². The summed E-state index contributed by atoms with van der Waals surface area (Å²) in [6.45, 7) is 0.501. The highest BCUT2D eigenvalue weighted by atomic mass is 35.5. The normalized spacial score (nSPS) is 10.7. The maximum Gasteiger partial charge on any atom is 0.234 e. The SMILES string of the molecule is O=C(CSc1nc(CO)cn1Cc1ccccc1)Nc1ccc(Cl)cc1. The molecule has 1 amide bonds. The van der Waals surface area contributed by atoms with E-state index in [2.05, 4.69) is 10.3 Å². The van der Waals surface area contributed by atoms with Gasteiger partial charge < -0.3 is 15.0 Å². The van der Waals surface area contributed by atoms with Crippen LogP contribution in [0.5, 0.6) is 0 Å². The first kappa shape index (κ1) is 18.5. The molecule has 0 spiro atoms. The average molecular weight is 388 g/mol. The van der Waals surface area contributed by atoms with Gasteiger partial charge in [0.1, 0.15) is 0 Å². The molecule has 5 nitrogen and oxygen atoms in total. The van der Waals surface area contributed by atoms with Gasteiger partial charge >= 0.3 is 0 Å². The summed E-state index contributed by atoms with van der Waals surface area (Å²) in [6, 6.07) is 16.9. The number of nitrogens with zero attached hydrogens (tertiary/aromatic N) is 2. The molecule has 0 fully saturated rings. The second kappa shape index (κ2) is 8.89. The smallest absolute Gasteiger partial charge is 0.234 e. The zero-order valence-corrected chi connectivity index (χ0v) is 15.5. The fourth-order valence-corrected chi connectivity index (χ4v) is 3.32. The molecule has 7 heteroatoms. The fraction of sp³-hybridized carbons (Fsp3) is 0.158. The van der Waals surface area contributed by atoms with Crippen molar-refractivity contribution in [2.75, 3.05) is 11.1 Å². The van der Waals surface area contributed by atoms with Crippen molar-refractivity contribution in [2.45, 2.75) is 18.3 Å². The van der Waals surface area contributed by atoms with Crippen LogP contribution in [0.1, 0.15) is 11.3 Å². The lowest BCUT2D eigenvalue weighted by atomic mass is 10.2. The number of amides is 1. The minimum atomic E-state index is -0.133. The molecule has 1 heterocycles. The van der Waals surface area contributed by atoms with Crippen molar-refractivity contribution in [2.24, 2.45) is 0 Å². The number of nitrogens with one attached hydrogen (secondary N) is 1. The third kappa shape index (κ3) is 5.11. The van der Waals surface area contributed by atoms with E-state index >= 15 is 0 Å². The average Bonchev–Trinajstić information content (AvgIpc) is 3.05. The number of benzene rings is 2. The molecule has 2 N–H and O–H groups in total. The van der Waals surface area contributed by atoms with Crippen molar-refractivity contribution in [3.05, 3.63) is 77.1 Å². The molecule has 0 saturated carbocycles. The minimum absolute atomic E-state index is 0.128. The summed E-state index contributed by atoms with van der Waals surface area (Å²) in [7, 11) is 0. The number of halogens is 1. The van der Waals surface area contributed by atoms with Crippen LogP contribution in [0, 0.1) is 0 Å². The van der Waals surface area contributed by atoms with Gasteiger partial charge in [0, 0.05) is 23.5 Å². The Morgan fingerprint density at radius 1 is 1.15 bits per heavy atom. The number of aliphatic hydroxyl groups is 1. The summed E-state index contributed by atoms with van der Waals surface area (Å²) in [5.41, 5.74) is 2.41. The first-order valence-electron chi connectivity index (χ1n) is 8.03. The van der Waals surface area contributed by atoms with Crippen LogP contribution in [0.4, 0.5) is 5.69 Å². The molecule has 0 bridgehead atoms. The summed E-state index contributed by atoms with van der Waals surface area (Å²) in [6.07, 6.45) is 1.81. The maximum absolute atomic E-state index is 12.2. The summed E-state index contributed by atoms with van der Waals surface area (Å²) >= 11 is 7.18. The molecule has 0 radical (unpaired) electrons. The van der Waals surface area contributed by atoms with E-state index in [9.17, 15) is 9.90 Å². The molecule has 0 saturated heterocycles. The predicted molar refractivity (Wildman–Crippen MR) is 104 cm³/mol. The third-order valence-corrected chi connectivity index (χ3v) is 4.85. The Labute approximate surface area is 161 Å². The van der Waals surface area contributed by atoms with Crippen molar-refractivity contribution in [1.29, 1.82) is 0 Å². The molecular formula is C19H18ClN3O2S. The Morgan fingerprint density at radius 2 is 1.88 bits per heavy atom. The Hall–Kier alpha value is -2.28. The van der Waals surface area contributed by atoms with Crippen LogP contribution in [0.25, 0.3) is 0 Å². The van der Waals surface area contributed by atoms with Gasteiger partial charge in [-0.15, -0.1) is 0 Å². The molecule has 3 rings (SSSR count). The Kier molecular flexibility index (Phi) is 6.33. The van der Waals surface area contributed by atoms with Gasteiger partial charge in [-0.1, -0.05) is 53.7 Å². The standard InChI is InChI=1S/C19H18ClN3O2S/c20-15-6-8-16(9-7-15)21-18(25)13-26-19-22-17(12-24)11-23(19)10-14-4-2-1-3-5-14/h1-9,11,24H,10,12-13H2,(H,21,25). The van der Waals surface area contributed by atoms with Crippen LogP contribution < -0.4 is 5.32 Å². The number of carbonyl (C=O) groups is 1. The lowest BCUT2D eigenvalue weighted by Gasteiger charge is -2.08. The number of anilines is 1. The van der Waals surface area contributed by atoms with E-state index < -0.39 is 0 Å². The summed E-state index contributed by atoms with van der Waals surface area (Å²) < 4.78 is 1.95. The van der Waals surface area contributed by atoms with E-state index in [1.165, 1.54) is 11.8 Å². The molecule has 0 unspecified atom stereocenters. The molecule has 0 aliphatic carbocycles. The van der Waals surface area contributed by atoms with Crippen molar-refractivity contribution >= 4 is 35.0 Å². The molecule has 2 aromatic carbocycles. The molecular weight excluding hydrogens is 370 g/mol. The largest absolute Gasteiger partial charge is 0.390 e. The minimum Gasteiger partial charge on any atom is -0.390 e. The van der Waals surface area contributed by atoms with Crippen LogP contribution in [0.15, 0.2) is 66.0 Å². The highest BCUT2D eigenvalue weighted by Crippen LogP contribution is 2.20. The van der Waals surface area contributed by atoms with Gasteiger partial charge in [-0.3, -0.25) is 4.79 Å². The topological polar surface area (TPSA) is 67.1 Å². The third-order valence-electron chi connectivity index (χ3n) is 3.61. The Balaban J connectivity index is 1.64. The number of rotatable bonds is 7. The number of aromatic nitrogens is 2. The number of hydrogen-bond acceptors (Lipinski definition) is 4. The quantitative estimate of drug-likeness (QED) is 0.605. The van der Waals surface area contributed by atoms with Gasteiger partial charge in [0.2, 0.25) is 5.91 Å². The molecule has 0 aliphatic heterocycles. The van der Waals surface area contributed by atoms with Crippen molar-refractivity contribution in [1.82, 2.24) is 9.55 Å². The van der Waals surface area contributed by atoms with E-state index in [0.29, 0.717) is 28.1 Å². The van der Waals surface area contributed by atoms with Gasteiger partial charge in [0.15, 0.2) is 5.16 Å². The molecule has 0 aliphatic rings. The van der Waals surface area contributed by atoms with E-state index in [1.807, 2.05) is 41.1 Å². The zero-order valence-electron chi connectivity index (χ0n) is 13.9. The second-order valence-electron chi connectivity index (χ2n) is 5.63. The van der Waals surface area contributed by atoms with Gasteiger partial charge in [0.05, 0.1) is 18.1 Å². The van der Waals surface area contributed by atoms with E-state index in [4.69, 9.17) is 11.6 Å². The molecule has 134 valence electrons. The summed E-state index contributed by atoms with van der Waals surface area (Å²) in [4.78, 5) is 16.6. The first-order chi connectivity index (χ1) is 12.6. The lowest BCUT2D eigenvalue weighted by Crippen LogP contribution is -2.14. The van der Waals surface area contributed by atoms with Crippen LogP contribution in [-0.2, 0) is 17.9 Å². The lowest BCUT2D eigenvalue weighted by molar-refractivity contribution is -0.113. The van der Waals surface area contributed by atoms with Crippen molar-refractivity contribution < 1.29 is 9.90 Å². The maximum atomic E-state index is 12.2. The van der Waals surface area contributed by atoms with E-state index in [0.717, 1.165) is 5.56 Å². The highest BCUT2D eigenvalue weighted by Gasteiger charge is 2.11. The number of aliphatic hydroxyl groups excluding tert-OH is 1. The fourth-order valence-electron chi connectivity index (χ4n) is 2.40. The molecule has 3 aromatic rings. The summed E-state index contributed by atoms with van der Waals surface area (Å²) in [5, 5.41) is 13.5. The second-order valence-corrected chi connectivity index (χ2v) is 7.01. The number of imidazole rings is 1. The van der Waals surface area contributed by atoms with Gasteiger partial charge in [-0.05, 0) is 29.8 Å². The number of carbonyl (C=O) groups excluding carboxylic acids is 1. The molecule has 26 heavy (non-hydrogen) atoms. The monoisotopic (exact) mass is 387 g/mol. The van der Waals surface area contributed by atoms with Gasteiger partial charge in [-0.25, -0.2) is 4.98 Å². The van der Waals surface area contributed by atoms with Crippen molar-refractivity contribution in [3.8, 4) is 0 Å². The number of thioether (sulfide) groups is 1. The highest BCUT2D eigenvalue weighted by molar-refractivity contribution is 7.99. The first-order valence-corrected chi connectivity index (χ1v) is 9.39.